The fourth-order valence-corrected chi connectivity index (χ4v) is 2.32. The maximum Gasteiger partial charge on any atom is 0.234 e. The van der Waals surface area contributed by atoms with Crippen LogP contribution in [-0.4, -0.2) is 55.7 Å². The van der Waals surface area contributed by atoms with Gasteiger partial charge in [0, 0.05) is 26.2 Å². The Hall–Kier alpha value is -0.650. The summed E-state index contributed by atoms with van der Waals surface area (Å²) in [6, 6.07) is -0.209. The quantitative estimate of drug-likeness (QED) is 0.690. The van der Waals surface area contributed by atoms with Crippen LogP contribution < -0.4 is 11.1 Å². The van der Waals surface area contributed by atoms with Crippen molar-refractivity contribution in [2.45, 2.75) is 45.3 Å². The topological polar surface area (TPSA) is 67.6 Å². The summed E-state index contributed by atoms with van der Waals surface area (Å²) in [5.74, 6) is -0.255. The van der Waals surface area contributed by atoms with Gasteiger partial charge in [0.05, 0.1) is 12.1 Å². The molecule has 0 spiro atoms. The van der Waals surface area contributed by atoms with E-state index < -0.39 is 0 Å². The lowest BCUT2D eigenvalue weighted by atomic mass is 10.1. The van der Waals surface area contributed by atoms with Crippen molar-refractivity contribution in [2.24, 2.45) is 5.73 Å². The van der Waals surface area contributed by atoms with Gasteiger partial charge in [0.2, 0.25) is 5.91 Å². The lowest BCUT2D eigenvalue weighted by molar-refractivity contribution is -0.120. The first-order valence-corrected chi connectivity index (χ1v) is 7.04. The summed E-state index contributed by atoms with van der Waals surface area (Å²) in [6.07, 6.45) is 3.22. The van der Waals surface area contributed by atoms with Crippen molar-refractivity contribution < 1.29 is 9.53 Å². The van der Waals surface area contributed by atoms with Crippen LogP contribution in [0.25, 0.3) is 0 Å². The molecule has 0 saturated carbocycles. The fourth-order valence-electron chi connectivity index (χ4n) is 2.32. The molecular weight excluding hydrogens is 230 g/mol. The van der Waals surface area contributed by atoms with Crippen LogP contribution in [0.15, 0.2) is 0 Å². The zero-order valence-electron chi connectivity index (χ0n) is 11.7. The standard InChI is InChI=1S/C13H27N3O2/c1-3-11-10-16(7-5-9-18-11)8-6-12(13(14)17)15-4-2/h11-12,15H,3-10H2,1-2H3,(H2,14,17). The van der Waals surface area contributed by atoms with Crippen molar-refractivity contribution in [2.75, 3.05) is 32.8 Å². The Bertz CT molecular complexity index is 248. The largest absolute Gasteiger partial charge is 0.377 e. The molecule has 0 aromatic carbocycles. The van der Waals surface area contributed by atoms with Crippen molar-refractivity contribution in [3.05, 3.63) is 0 Å². The van der Waals surface area contributed by atoms with Gasteiger partial charge in [0.25, 0.3) is 0 Å². The van der Waals surface area contributed by atoms with Crippen molar-refractivity contribution in [3.8, 4) is 0 Å². The summed E-state index contributed by atoms with van der Waals surface area (Å²) in [6.45, 7) is 8.68. The third-order valence-electron chi connectivity index (χ3n) is 3.42. The number of hydrogen-bond acceptors (Lipinski definition) is 4. The summed E-state index contributed by atoms with van der Waals surface area (Å²) in [7, 11) is 0. The summed E-state index contributed by atoms with van der Waals surface area (Å²) >= 11 is 0. The third-order valence-corrected chi connectivity index (χ3v) is 3.42. The summed E-state index contributed by atoms with van der Waals surface area (Å²) in [4.78, 5) is 13.7. The van der Waals surface area contributed by atoms with Gasteiger partial charge >= 0.3 is 0 Å². The minimum atomic E-state index is -0.255. The summed E-state index contributed by atoms with van der Waals surface area (Å²) in [5, 5.41) is 3.13. The number of primary amides is 1. The molecule has 0 radical (unpaired) electrons. The molecule has 18 heavy (non-hydrogen) atoms. The lowest BCUT2D eigenvalue weighted by Gasteiger charge is -2.24. The smallest absolute Gasteiger partial charge is 0.234 e. The Labute approximate surface area is 110 Å². The van der Waals surface area contributed by atoms with Crippen LogP contribution in [0, 0.1) is 0 Å². The van der Waals surface area contributed by atoms with E-state index in [0.29, 0.717) is 6.10 Å². The number of rotatable bonds is 7. The second-order valence-corrected chi connectivity index (χ2v) is 4.86. The number of nitrogens with two attached hydrogens (primary N) is 1. The third kappa shape index (κ3) is 5.33. The molecule has 0 bridgehead atoms. The first kappa shape index (κ1) is 15.4. The minimum Gasteiger partial charge on any atom is -0.377 e. The molecular formula is C13H27N3O2. The molecule has 1 aliphatic heterocycles. The summed E-state index contributed by atoms with van der Waals surface area (Å²) < 4.78 is 5.74. The van der Waals surface area contributed by atoms with Gasteiger partial charge in [-0.1, -0.05) is 13.8 Å². The molecule has 106 valence electrons. The Morgan fingerprint density at radius 1 is 1.56 bits per heavy atom. The molecule has 1 heterocycles. The molecule has 2 unspecified atom stereocenters. The van der Waals surface area contributed by atoms with Crippen LogP contribution in [0.3, 0.4) is 0 Å². The van der Waals surface area contributed by atoms with E-state index in [9.17, 15) is 4.79 Å². The second kappa shape index (κ2) is 8.45. The van der Waals surface area contributed by atoms with Crippen molar-refractivity contribution in [3.63, 3.8) is 0 Å². The first-order valence-electron chi connectivity index (χ1n) is 7.04. The molecule has 1 saturated heterocycles. The van der Waals surface area contributed by atoms with E-state index in [4.69, 9.17) is 10.5 Å². The molecule has 1 aliphatic rings. The van der Waals surface area contributed by atoms with Gasteiger partial charge in [-0.05, 0) is 25.8 Å². The maximum absolute atomic E-state index is 11.3. The predicted octanol–water partition coefficient (Wildman–Crippen LogP) is 0.341. The number of carbonyl (C=O) groups is 1. The van der Waals surface area contributed by atoms with Gasteiger partial charge in [-0.25, -0.2) is 0 Å². The molecule has 0 aromatic heterocycles. The van der Waals surface area contributed by atoms with Gasteiger partial charge in [0.15, 0.2) is 0 Å². The van der Waals surface area contributed by atoms with Gasteiger partial charge in [0.1, 0.15) is 0 Å². The van der Waals surface area contributed by atoms with Crippen LogP contribution >= 0.6 is 0 Å². The van der Waals surface area contributed by atoms with E-state index in [0.717, 1.165) is 52.0 Å². The normalized spacial score (nSPS) is 23.6. The molecule has 2 atom stereocenters. The molecule has 5 heteroatoms. The van der Waals surface area contributed by atoms with Crippen LogP contribution in [0.4, 0.5) is 0 Å². The SMILES string of the molecule is CCNC(CCN1CCCOC(CC)C1)C(N)=O. The molecule has 0 aromatic rings. The number of amides is 1. The number of hydrogen-bond donors (Lipinski definition) is 2. The number of likely N-dealkylation sites (N-methyl/N-ethyl adjacent to an activating group) is 1. The Kier molecular flexibility index (Phi) is 7.23. The lowest BCUT2D eigenvalue weighted by Crippen LogP contribution is -2.44. The van der Waals surface area contributed by atoms with Gasteiger partial charge in [-0.2, -0.15) is 0 Å². The van der Waals surface area contributed by atoms with Gasteiger partial charge in [-0.3, -0.25) is 4.79 Å². The number of nitrogens with zero attached hydrogens (tertiary/aromatic N) is 1. The molecule has 0 aliphatic carbocycles. The monoisotopic (exact) mass is 257 g/mol. The average Bonchev–Trinajstić information content (AvgIpc) is 2.59. The van der Waals surface area contributed by atoms with Crippen molar-refractivity contribution >= 4 is 5.91 Å². The Morgan fingerprint density at radius 3 is 2.94 bits per heavy atom. The zero-order valence-corrected chi connectivity index (χ0v) is 11.7. The number of nitrogens with one attached hydrogen (secondary N) is 1. The summed E-state index contributed by atoms with van der Waals surface area (Å²) in [5.41, 5.74) is 5.38. The Morgan fingerprint density at radius 2 is 2.33 bits per heavy atom. The average molecular weight is 257 g/mol. The number of carbonyl (C=O) groups excluding carboxylic acids is 1. The van der Waals surface area contributed by atoms with E-state index in [1.165, 1.54) is 0 Å². The van der Waals surface area contributed by atoms with E-state index in [1.54, 1.807) is 0 Å². The van der Waals surface area contributed by atoms with Gasteiger partial charge < -0.3 is 20.7 Å². The van der Waals surface area contributed by atoms with Crippen LogP contribution in [-0.2, 0) is 9.53 Å². The van der Waals surface area contributed by atoms with Crippen molar-refractivity contribution in [1.82, 2.24) is 10.2 Å². The van der Waals surface area contributed by atoms with E-state index in [1.807, 2.05) is 6.92 Å². The van der Waals surface area contributed by atoms with E-state index in [-0.39, 0.29) is 11.9 Å². The highest BCUT2D eigenvalue weighted by molar-refractivity contribution is 5.79. The number of ether oxygens (including phenoxy) is 1. The molecule has 1 amide bonds. The predicted molar refractivity (Wildman–Crippen MR) is 72.4 cm³/mol. The molecule has 3 N–H and O–H groups in total. The van der Waals surface area contributed by atoms with Crippen LogP contribution in [0.5, 0.6) is 0 Å². The Balaban J connectivity index is 2.37. The highest BCUT2D eigenvalue weighted by Gasteiger charge is 2.20. The van der Waals surface area contributed by atoms with E-state index >= 15 is 0 Å². The zero-order chi connectivity index (χ0) is 13.4. The van der Waals surface area contributed by atoms with Crippen LogP contribution in [0.1, 0.15) is 33.1 Å². The van der Waals surface area contributed by atoms with Crippen molar-refractivity contribution in [1.29, 1.82) is 0 Å². The molecule has 5 nitrogen and oxygen atoms in total. The molecule has 1 fully saturated rings. The second-order valence-electron chi connectivity index (χ2n) is 4.86. The van der Waals surface area contributed by atoms with Gasteiger partial charge in [-0.15, -0.1) is 0 Å². The van der Waals surface area contributed by atoms with Crippen LogP contribution in [0.2, 0.25) is 0 Å². The highest BCUT2D eigenvalue weighted by Crippen LogP contribution is 2.09. The highest BCUT2D eigenvalue weighted by atomic mass is 16.5. The molecule has 1 rings (SSSR count). The van der Waals surface area contributed by atoms with E-state index in [2.05, 4.69) is 17.1 Å². The maximum atomic E-state index is 11.3. The first-order chi connectivity index (χ1) is 8.67. The fraction of sp³-hybridized carbons (Fsp3) is 0.923. The minimum absolute atomic E-state index is 0.209.